The number of nitrogens with one attached hydrogen (secondary N) is 1. The Morgan fingerprint density at radius 2 is 2.18 bits per heavy atom. The third-order valence-electron chi connectivity index (χ3n) is 2.83. The molecule has 4 nitrogen and oxygen atoms in total. The fourth-order valence-corrected chi connectivity index (χ4v) is 1.83. The first-order valence-electron chi connectivity index (χ1n) is 6.32. The number of aryl methyl sites for hydroxylation is 1. The van der Waals surface area contributed by atoms with Crippen LogP contribution in [-0.2, 0) is 6.54 Å². The zero-order valence-electron chi connectivity index (χ0n) is 11.2. The molecule has 1 N–H and O–H groups in total. The molecule has 0 aliphatic rings. The fourth-order valence-electron chi connectivity index (χ4n) is 1.83. The molecule has 1 aromatic rings. The number of allylic oxidation sites excluding steroid dienone is 1. The van der Waals surface area contributed by atoms with Crippen molar-refractivity contribution >= 4 is 5.95 Å². The van der Waals surface area contributed by atoms with Crippen LogP contribution >= 0.6 is 0 Å². The maximum atomic E-state index is 4.46. The summed E-state index contributed by atoms with van der Waals surface area (Å²) < 4.78 is 2.09. The molecule has 0 aliphatic carbocycles. The molecule has 96 valence electrons. The smallest absolute Gasteiger partial charge is 0.203 e. The van der Waals surface area contributed by atoms with Crippen LogP contribution in [0.4, 0.5) is 5.95 Å². The first-order chi connectivity index (χ1) is 8.21. The lowest BCUT2D eigenvalue weighted by atomic mass is 10.4. The van der Waals surface area contributed by atoms with Crippen LogP contribution < -0.4 is 5.32 Å². The zero-order valence-corrected chi connectivity index (χ0v) is 11.2. The van der Waals surface area contributed by atoms with E-state index < -0.39 is 0 Å². The van der Waals surface area contributed by atoms with Crippen molar-refractivity contribution in [3.63, 3.8) is 0 Å². The van der Waals surface area contributed by atoms with Gasteiger partial charge in [-0.3, -0.25) is 0 Å². The van der Waals surface area contributed by atoms with Gasteiger partial charge in [0.05, 0.1) is 5.69 Å². The molecule has 4 heteroatoms. The molecule has 0 aliphatic heterocycles. The summed E-state index contributed by atoms with van der Waals surface area (Å²) in [5, 5.41) is 3.38. The quantitative estimate of drug-likeness (QED) is 0.702. The number of imidazole rings is 1. The molecule has 0 saturated heterocycles. The van der Waals surface area contributed by atoms with Crippen LogP contribution in [0, 0.1) is 6.92 Å². The summed E-state index contributed by atoms with van der Waals surface area (Å²) in [7, 11) is 0. The minimum atomic E-state index is 0.800. The average molecular weight is 236 g/mol. The zero-order chi connectivity index (χ0) is 12.7. The highest BCUT2D eigenvalue weighted by molar-refractivity contribution is 5.29. The fraction of sp³-hybridized carbons (Fsp3) is 0.615. The van der Waals surface area contributed by atoms with Gasteiger partial charge in [-0.2, -0.15) is 0 Å². The maximum Gasteiger partial charge on any atom is 0.203 e. The van der Waals surface area contributed by atoms with Gasteiger partial charge in [0.15, 0.2) is 0 Å². The van der Waals surface area contributed by atoms with Gasteiger partial charge in [0, 0.05) is 25.8 Å². The number of rotatable bonds is 8. The lowest BCUT2D eigenvalue weighted by Crippen LogP contribution is -2.29. The lowest BCUT2D eigenvalue weighted by Gasteiger charge is -2.18. The molecular weight excluding hydrogens is 212 g/mol. The van der Waals surface area contributed by atoms with Crippen molar-refractivity contribution < 1.29 is 0 Å². The van der Waals surface area contributed by atoms with Gasteiger partial charge in [0.1, 0.15) is 0 Å². The first-order valence-corrected chi connectivity index (χ1v) is 6.32. The van der Waals surface area contributed by atoms with E-state index in [2.05, 4.69) is 40.2 Å². The molecule has 0 atom stereocenters. The molecule has 1 rings (SSSR count). The van der Waals surface area contributed by atoms with Gasteiger partial charge in [-0.1, -0.05) is 19.9 Å². The summed E-state index contributed by atoms with van der Waals surface area (Å²) in [5.74, 6) is 0.939. The number of aromatic nitrogens is 2. The van der Waals surface area contributed by atoms with E-state index in [0.29, 0.717) is 0 Å². The summed E-state index contributed by atoms with van der Waals surface area (Å²) in [5.41, 5.74) is 1.04. The van der Waals surface area contributed by atoms with Crippen LogP contribution in [0.3, 0.4) is 0 Å². The number of nitrogens with zero attached hydrogens (tertiary/aromatic N) is 3. The second-order valence-corrected chi connectivity index (χ2v) is 4.10. The van der Waals surface area contributed by atoms with E-state index in [1.54, 1.807) is 0 Å². The van der Waals surface area contributed by atoms with Crippen LogP contribution in [0.2, 0.25) is 0 Å². The molecule has 0 unspecified atom stereocenters. The summed E-state index contributed by atoms with van der Waals surface area (Å²) in [6.45, 7) is 15.1. The van der Waals surface area contributed by atoms with E-state index in [-0.39, 0.29) is 0 Å². The molecule has 17 heavy (non-hydrogen) atoms. The van der Waals surface area contributed by atoms with Gasteiger partial charge >= 0.3 is 0 Å². The second-order valence-electron chi connectivity index (χ2n) is 4.10. The monoisotopic (exact) mass is 236 g/mol. The number of hydrogen-bond donors (Lipinski definition) is 1. The predicted octanol–water partition coefficient (Wildman–Crippen LogP) is 2.13. The van der Waals surface area contributed by atoms with E-state index in [1.165, 1.54) is 0 Å². The van der Waals surface area contributed by atoms with Crippen LogP contribution in [0.15, 0.2) is 18.9 Å². The number of hydrogen-bond acceptors (Lipinski definition) is 3. The molecule has 0 bridgehead atoms. The third-order valence-corrected chi connectivity index (χ3v) is 2.83. The third kappa shape index (κ3) is 4.23. The van der Waals surface area contributed by atoms with Gasteiger partial charge in [0.2, 0.25) is 5.95 Å². The van der Waals surface area contributed by atoms with Crippen molar-refractivity contribution in [2.75, 3.05) is 31.5 Å². The van der Waals surface area contributed by atoms with Crippen molar-refractivity contribution in [3.8, 4) is 0 Å². The second kappa shape index (κ2) is 7.12. The average Bonchev–Trinajstić information content (AvgIpc) is 2.66. The Morgan fingerprint density at radius 1 is 1.47 bits per heavy atom. The molecule has 1 aromatic heterocycles. The summed E-state index contributed by atoms with van der Waals surface area (Å²) in [4.78, 5) is 6.85. The first kappa shape index (κ1) is 13.8. The largest absolute Gasteiger partial charge is 0.354 e. The van der Waals surface area contributed by atoms with Gasteiger partial charge in [-0.05, 0) is 20.0 Å². The lowest BCUT2D eigenvalue weighted by molar-refractivity contribution is 0.315. The Balaban J connectivity index is 2.47. The summed E-state index contributed by atoms with van der Waals surface area (Å²) >= 11 is 0. The summed E-state index contributed by atoms with van der Waals surface area (Å²) in [6, 6.07) is 0. The minimum absolute atomic E-state index is 0.800. The van der Waals surface area contributed by atoms with Crippen LogP contribution in [0.5, 0.6) is 0 Å². The van der Waals surface area contributed by atoms with E-state index >= 15 is 0 Å². The Labute approximate surface area is 104 Å². The molecule has 0 radical (unpaired) electrons. The van der Waals surface area contributed by atoms with E-state index in [4.69, 9.17) is 0 Å². The van der Waals surface area contributed by atoms with Gasteiger partial charge < -0.3 is 14.8 Å². The molecular formula is C13H24N4. The van der Waals surface area contributed by atoms with Crippen molar-refractivity contribution in [2.24, 2.45) is 0 Å². The highest BCUT2D eigenvalue weighted by atomic mass is 15.2. The Kier molecular flexibility index (Phi) is 5.77. The normalized spacial score (nSPS) is 10.8. The highest BCUT2D eigenvalue weighted by Crippen LogP contribution is 2.07. The molecule has 0 saturated carbocycles. The predicted molar refractivity (Wildman–Crippen MR) is 73.4 cm³/mol. The van der Waals surface area contributed by atoms with Crippen LogP contribution in [0.25, 0.3) is 0 Å². The molecule has 0 spiro atoms. The molecule has 1 heterocycles. The van der Waals surface area contributed by atoms with Gasteiger partial charge in [-0.25, -0.2) is 4.98 Å². The van der Waals surface area contributed by atoms with Crippen molar-refractivity contribution in [3.05, 3.63) is 24.5 Å². The van der Waals surface area contributed by atoms with Crippen molar-refractivity contribution in [2.45, 2.75) is 27.3 Å². The van der Waals surface area contributed by atoms with E-state index in [1.807, 2.05) is 19.2 Å². The summed E-state index contributed by atoms with van der Waals surface area (Å²) in [6.07, 6.45) is 3.93. The SMILES string of the molecule is C=CCn1cc(C)nc1NCCN(CC)CC. The van der Waals surface area contributed by atoms with Gasteiger partial charge in [-0.15, -0.1) is 6.58 Å². The van der Waals surface area contributed by atoms with Gasteiger partial charge in [0.25, 0.3) is 0 Å². The van der Waals surface area contributed by atoms with Crippen molar-refractivity contribution in [1.29, 1.82) is 0 Å². The van der Waals surface area contributed by atoms with Crippen molar-refractivity contribution in [1.82, 2.24) is 14.5 Å². The topological polar surface area (TPSA) is 33.1 Å². The molecule has 0 amide bonds. The molecule has 0 fully saturated rings. The van der Waals surface area contributed by atoms with E-state index in [9.17, 15) is 0 Å². The van der Waals surface area contributed by atoms with Crippen LogP contribution in [-0.4, -0.2) is 40.6 Å². The number of anilines is 1. The minimum Gasteiger partial charge on any atom is -0.354 e. The van der Waals surface area contributed by atoms with Crippen LogP contribution in [0.1, 0.15) is 19.5 Å². The Morgan fingerprint density at radius 3 is 2.76 bits per heavy atom. The highest BCUT2D eigenvalue weighted by Gasteiger charge is 2.04. The Hall–Kier alpha value is -1.29. The Bertz CT molecular complexity index is 339. The van der Waals surface area contributed by atoms with E-state index in [0.717, 1.165) is 44.4 Å². The maximum absolute atomic E-state index is 4.46. The number of likely N-dealkylation sites (N-methyl/N-ethyl adjacent to an activating group) is 1. The molecule has 0 aromatic carbocycles. The standard InChI is InChI=1S/C13H24N4/c1-5-9-17-11-12(4)15-13(17)14-8-10-16(6-2)7-3/h5,11H,1,6-10H2,2-4H3,(H,14,15).